The number of halogens is 2. The first-order valence-electron chi connectivity index (χ1n) is 7.41. The number of benzene rings is 1. The van der Waals surface area contributed by atoms with Gasteiger partial charge in [-0.3, -0.25) is 9.59 Å². The number of hydrogen-bond donors (Lipinski definition) is 1. The van der Waals surface area contributed by atoms with Crippen molar-refractivity contribution in [3.05, 3.63) is 57.2 Å². The van der Waals surface area contributed by atoms with Gasteiger partial charge in [0.05, 0.1) is 10.7 Å². The summed E-state index contributed by atoms with van der Waals surface area (Å²) in [5.74, 6) is -2.03. The molecule has 25 heavy (non-hydrogen) atoms. The number of amides is 1. The Morgan fingerprint density at radius 3 is 2.76 bits per heavy atom. The van der Waals surface area contributed by atoms with Gasteiger partial charge in [0, 0.05) is 12.6 Å². The van der Waals surface area contributed by atoms with Crippen LogP contribution in [-0.2, 0) is 16.1 Å². The molecule has 1 amide bonds. The summed E-state index contributed by atoms with van der Waals surface area (Å²) in [7, 11) is 0. The molecule has 1 heterocycles. The first-order valence-corrected chi connectivity index (χ1v) is 7.78. The molecule has 0 radical (unpaired) electrons. The smallest absolute Gasteiger partial charge is 0.359 e. The molecule has 1 aromatic heterocycles. The van der Waals surface area contributed by atoms with Gasteiger partial charge in [-0.2, -0.15) is 5.10 Å². The summed E-state index contributed by atoms with van der Waals surface area (Å²) < 4.78 is 18.9. The summed E-state index contributed by atoms with van der Waals surface area (Å²) in [4.78, 5) is 35.3. The van der Waals surface area contributed by atoms with Gasteiger partial charge in [0.2, 0.25) is 0 Å². The van der Waals surface area contributed by atoms with Crippen LogP contribution < -0.4 is 10.9 Å². The lowest BCUT2D eigenvalue weighted by atomic mass is 10.3. The van der Waals surface area contributed by atoms with Crippen molar-refractivity contribution in [3.63, 3.8) is 0 Å². The number of esters is 1. The van der Waals surface area contributed by atoms with Gasteiger partial charge in [0.1, 0.15) is 5.82 Å². The highest BCUT2D eigenvalue weighted by Crippen LogP contribution is 2.22. The molecular formula is C16H15ClFN3O4. The van der Waals surface area contributed by atoms with Crippen molar-refractivity contribution in [2.24, 2.45) is 0 Å². The van der Waals surface area contributed by atoms with Crippen LogP contribution in [0.3, 0.4) is 0 Å². The number of nitrogens with one attached hydrogen (secondary N) is 1. The van der Waals surface area contributed by atoms with Gasteiger partial charge >= 0.3 is 5.97 Å². The van der Waals surface area contributed by atoms with Crippen LogP contribution in [0.5, 0.6) is 0 Å². The lowest BCUT2D eigenvalue weighted by molar-refractivity contribution is -0.119. The molecule has 0 saturated carbocycles. The second-order valence-corrected chi connectivity index (χ2v) is 5.44. The van der Waals surface area contributed by atoms with Crippen LogP contribution in [0.1, 0.15) is 23.8 Å². The van der Waals surface area contributed by atoms with Crippen molar-refractivity contribution in [1.29, 1.82) is 0 Å². The first kappa shape index (κ1) is 18.6. The fraction of sp³-hybridized carbons (Fsp3) is 0.250. The molecule has 0 atom stereocenters. The summed E-state index contributed by atoms with van der Waals surface area (Å²) in [5.41, 5.74) is -0.221. The quantitative estimate of drug-likeness (QED) is 0.791. The summed E-state index contributed by atoms with van der Waals surface area (Å²) in [5, 5.41) is 6.30. The Kier molecular flexibility index (Phi) is 6.24. The average molecular weight is 368 g/mol. The predicted octanol–water partition coefficient (Wildman–Crippen LogP) is 2.24. The molecule has 2 aromatic rings. The number of carbonyl (C=O) groups excluding carboxylic acids is 2. The lowest BCUT2D eigenvalue weighted by Crippen LogP contribution is -2.26. The van der Waals surface area contributed by atoms with Crippen molar-refractivity contribution >= 4 is 29.2 Å². The van der Waals surface area contributed by atoms with E-state index in [4.69, 9.17) is 16.3 Å². The predicted molar refractivity (Wildman–Crippen MR) is 89.1 cm³/mol. The van der Waals surface area contributed by atoms with E-state index in [1.54, 1.807) is 0 Å². The molecule has 0 aliphatic carbocycles. The maximum absolute atomic E-state index is 12.9. The second kappa shape index (κ2) is 8.39. The molecule has 0 bridgehead atoms. The van der Waals surface area contributed by atoms with E-state index >= 15 is 0 Å². The van der Waals surface area contributed by atoms with Crippen molar-refractivity contribution in [1.82, 2.24) is 9.78 Å². The van der Waals surface area contributed by atoms with Crippen LogP contribution in [0, 0.1) is 5.82 Å². The number of ether oxygens (including phenoxy) is 1. The molecular weight excluding hydrogens is 353 g/mol. The molecule has 0 aliphatic rings. The molecule has 9 heteroatoms. The van der Waals surface area contributed by atoms with Crippen molar-refractivity contribution in [2.75, 3.05) is 11.9 Å². The lowest BCUT2D eigenvalue weighted by Gasteiger charge is -2.08. The van der Waals surface area contributed by atoms with E-state index in [-0.39, 0.29) is 22.0 Å². The maximum Gasteiger partial charge on any atom is 0.359 e. The van der Waals surface area contributed by atoms with Gasteiger partial charge in [0.25, 0.3) is 11.5 Å². The standard InChI is InChI=1S/C16H15ClFN3O4/c1-2-7-21-15(23)6-5-13(20-21)16(24)25-9-14(22)19-12-4-3-10(18)8-11(12)17/h3-6,8H,2,7,9H2,1H3,(H,19,22). The number of aryl methyl sites for hydroxylation is 1. The van der Waals surface area contributed by atoms with E-state index in [0.29, 0.717) is 13.0 Å². The van der Waals surface area contributed by atoms with E-state index < -0.39 is 24.3 Å². The third-order valence-electron chi connectivity index (χ3n) is 3.05. The molecule has 7 nitrogen and oxygen atoms in total. The molecule has 1 aromatic carbocycles. The molecule has 132 valence electrons. The Hall–Kier alpha value is -2.74. The monoisotopic (exact) mass is 367 g/mol. The Bertz CT molecular complexity index is 854. The highest BCUT2D eigenvalue weighted by molar-refractivity contribution is 6.33. The zero-order valence-electron chi connectivity index (χ0n) is 13.3. The topological polar surface area (TPSA) is 90.3 Å². The summed E-state index contributed by atoms with van der Waals surface area (Å²) in [6.45, 7) is 1.65. The van der Waals surface area contributed by atoms with E-state index in [0.717, 1.165) is 16.8 Å². The summed E-state index contributed by atoms with van der Waals surface area (Å²) >= 11 is 5.79. The molecule has 0 spiro atoms. The zero-order chi connectivity index (χ0) is 18.4. The van der Waals surface area contributed by atoms with Gasteiger partial charge in [-0.25, -0.2) is 13.9 Å². The van der Waals surface area contributed by atoms with Crippen LogP contribution in [0.4, 0.5) is 10.1 Å². The maximum atomic E-state index is 12.9. The molecule has 0 aliphatic heterocycles. The Morgan fingerprint density at radius 2 is 2.08 bits per heavy atom. The highest BCUT2D eigenvalue weighted by atomic mass is 35.5. The Morgan fingerprint density at radius 1 is 1.32 bits per heavy atom. The fourth-order valence-corrected chi connectivity index (χ4v) is 2.13. The van der Waals surface area contributed by atoms with Gasteiger partial charge in [0.15, 0.2) is 12.3 Å². The van der Waals surface area contributed by atoms with Crippen LogP contribution in [0.25, 0.3) is 0 Å². The van der Waals surface area contributed by atoms with Crippen LogP contribution in [0.2, 0.25) is 5.02 Å². The Labute approximate surface area is 147 Å². The number of nitrogens with zero attached hydrogens (tertiary/aromatic N) is 2. The average Bonchev–Trinajstić information content (AvgIpc) is 2.57. The van der Waals surface area contributed by atoms with Crippen LogP contribution >= 0.6 is 11.6 Å². The normalized spacial score (nSPS) is 10.4. The van der Waals surface area contributed by atoms with Crippen molar-refractivity contribution in [3.8, 4) is 0 Å². The number of aromatic nitrogens is 2. The number of carbonyl (C=O) groups is 2. The SMILES string of the molecule is CCCn1nc(C(=O)OCC(=O)Nc2ccc(F)cc2Cl)ccc1=O. The molecule has 0 saturated heterocycles. The molecule has 1 N–H and O–H groups in total. The summed E-state index contributed by atoms with van der Waals surface area (Å²) in [6, 6.07) is 5.90. The van der Waals surface area contributed by atoms with E-state index in [9.17, 15) is 18.8 Å². The molecule has 0 fully saturated rings. The zero-order valence-corrected chi connectivity index (χ0v) is 14.0. The van der Waals surface area contributed by atoms with E-state index in [1.807, 2.05) is 6.92 Å². The Balaban J connectivity index is 1.96. The first-order chi connectivity index (χ1) is 11.9. The third kappa shape index (κ3) is 5.12. The van der Waals surface area contributed by atoms with Gasteiger partial charge in [-0.05, 0) is 30.7 Å². The largest absolute Gasteiger partial charge is 0.451 e. The van der Waals surface area contributed by atoms with Gasteiger partial charge in [-0.15, -0.1) is 0 Å². The minimum absolute atomic E-state index is 0.0213. The molecule has 2 rings (SSSR count). The van der Waals surface area contributed by atoms with Crippen LogP contribution in [-0.4, -0.2) is 28.3 Å². The van der Waals surface area contributed by atoms with Crippen molar-refractivity contribution < 1.29 is 18.7 Å². The van der Waals surface area contributed by atoms with E-state index in [1.165, 1.54) is 18.2 Å². The fourth-order valence-electron chi connectivity index (χ4n) is 1.91. The van der Waals surface area contributed by atoms with Crippen molar-refractivity contribution in [2.45, 2.75) is 19.9 Å². The summed E-state index contributed by atoms with van der Waals surface area (Å²) in [6.07, 6.45) is 0.673. The van der Waals surface area contributed by atoms with Gasteiger partial charge in [-0.1, -0.05) is 18.5 Å². The van der Waals surface area contributed by atoms with Crippen LogP contribution in [0.15, 0.2) is 35.1 Å². The minimum atomic E-state index is -0.842. The minimum Gasteiger partial charge on any atom is -0.451 e. The number of anilines is 1. The highest BCUT2D eigenvalue weighted by Gasteiger charge is 2.14. The number of rotatable bonds is 6. The van der Waals surface area contributed by atoms with Gasteiger partial charge < -0.3 is 10.1 Å². The van der Waals surface area contributed by atoms with E-state index in [2.05, 4.69) is 10.4 Å². The third-order valence-corrected chi connectivity index (χ3v) is 3.36. The number of hydrogen-bond acceptors (Lipinski definition) is 5. The molecule has 0 unspecified atom stereocenters. The second-order valence-electron chi connectivity index (χ2n) is 5.03.